The summed E-state index contributed by atoms with van der Waals surface area (Å²) < 4.78 is 43.2. The van der Waals surface area contributed by atoms with E-state index in [1.807, 2.05) is 0 Å². The van der Waals surface area contributed by atoms with Gasteiger partial charge in [-0.25, -0.2) is 4.98 Å². The molecule has 0 spiro atoms. The van der Waals surface area contributed by atoms with Gasteiger partial charge < -0.3 is 14.6 Å². The van der Waals surface area contributed by atoms with Gasteiger partial charge in [-0.2, -0.15) is 18.2 Å². The van der Waals surface area contributed by atoms with E-state index in [1.54, 1.807) is 35.2 Å². The second-order valence-electron chi connectivity index (χ2n) is 7.50. The van der Waals surface area contributed by atoms with Crippen molar-refractivity contribution in [2.45, 2.75) is 44.4 Å². The molecule has 0 unspecified atom stereocenters. The van der Waals surface area contributed by atoms with Gasteiger partial charge in [-0.3, -0.25) is 9.36 Å². The van der Waals surface area contributed by atoms with Crippen molar-refractivity contribution in [1.82, 2.24) is 19.1 Å². The lowest BCUT2D eigenvalue weighted by molar-refractivity contribution is -0.146. The third-order valence-corrected chi connectivity index (χ3v) is 5.57. The molecule has 1 aliphatic rings. The highest BCUT2D eigenvalue weighted by Gasteiger charge is 2.39. The molecule has 0 saturated heterocycles. The number of rotatable bonds is 5. The van der Waals surface area contributed by atoms with Crippen molar-refractivity contribution < 1.29 is 18.3 Å². The number of hydrogen-bond acceptors (Lipinski definition) is 5. The van der Waals surface area contributed by atoms with Gasteiger partial charge in [0.1, 0.15) is 6.73 Å². The highest BCUT2D eigenvalue weighted by atomic mass is 19.4. The number of aromatic nitrogens is 4. The standard InChI is InChI=1S/C20H22F3N5O2/c1-26-17(30)15-16(25-19(26)28(12-29)14-9-5-6-10-14)24-18(20(21,22)23)27(15)11-13-7-3-2-4-8-13/h2-4,7-8,14,29H,5-6,9-12H2,1H3. The first kappa shape index (κ1) is 20.4. The molecule has 1 aliphatic carbocycles. The molecule has 1 saturated carbocycles. The number of aliphatic hydroxyl groups excluding tert-OH is 1. The average Bonchev–Trinajstić information content (AvgIpc) is 3.35. The topological polar surface area (TPSA) is 76.2 Å². The minimum Gasteiger partial charge on any atom is -0.376 e. The van der Waals surface area contributed by atoms with E-state index in [9.17, 15) is 23.1 Å². The minimum atomic E-state index is -4.75. The fourth-order valence-electron chi connectivity index (χ4n) is 4.10. The number of aliphatic hydroxyl groups is 1. The summed E-state index contributed by atoms with van der Waals surface area (Å²) in [6.07, 6.45) is -1.12. The highest BCUT2D eigenvalue weighted by Crippen LogP contribution is 2.32. The van der Waals surface area contributed by atoms with Gasteiger partial charge in [-0.15, -0.1) is 0 Å². The smallest absolute Gasteiger partial charge is 0.376 e. The summed E-state index contributed by atoms with van der Waals surface area (Å²) in [5.41, 5.74) is -0.503. The quantitative estimate of drug-likeness (QED) is 0.641. The van der Waals surface area contributed by atoms with E-state index >= 15 is 0 Å². The van der Waals surface area contributed by atoms with Gasteiger partial charge in [0.25, 0.3) is 5.56 Å². The van der Waals surface area contributed by atoms with Crippen LogP contribution in [0.15, 0.2) is 35.1 Å². The van der Waals surface area contributed by atoms with Gasteiger partial charge >= 0.3 is 6.18 Å². The van der Waals surface area contributed by atoms with E-state index in [0.717, 1.165) is 30.3 Å². The number of imidazole rings is 1. The zero-order valence-corrected chi connectivity index (χ0v) is 16.4. The van der Waals surface area contributed by atoms with E-state index < -0.39 is 17.6 Å². The first-order chi connectivity index (χ1) is 14.3. The zero-order chi connectivity index (χ0) is 21.5. The number of halogens is 3. The van der Waals surface area contributed by atoms with Crippen LogP contribution in [0.25, 0.3) is 11.2 Å². The highest BCUT2D eigenvalue weighted by molar-refractivity contribution is 5.72. The van der Waals surface area contributed by atoms with Crippen LogP contribution >= 0.6 is 0 Å². The Morgan fingerprint density at radius 3 is 2.43 bits per heavy atom. The van der Waals surface area contributed by atoms with Crippen LogP contribution in [0.4, 0.5) is 19.1 Å². The van der Waals surface area contributed by atoms with Gasteiger partial charge in [-0.05, 0) is 18.4 Å². The maximum absolute atomic E-state index is 13.7. The predicted octanol–water partition coefficient (Wildman–Crippen LogP) is 2.90. The Morgan fingerprint density at radius 1 is 1.17 bits per heavy atom. The molecular weight excluding hydrogens is 399 g/mol. The Bertz CT molecular complexity index is 1100. The molecule has 2 aromatic heterocycles. The van der Waals surface area contributed by atoms with Crippen LogP contribution in [0.2, 0.25) is 0 Å². The number of alkyl halides is 3. The van der Waals surface area contributed by atoms with Crippen molar-refractivity contribution >= 4 is 17.1 Å². The second-order valence-corrected chi connectivity index (χ2v) is 7.50. The summed E-state index contributed by atoms with van der Waals surface area (Å²) in [6.45, 7) is -0.540. The Kier molecular flexibility index (Phi) is 5.27. The van der Waals surface area contributed by atoms with E-state index in [-0.39, 0.29) is 36.4 Å². The summed E-state index contributed by atoms with van der Waals surface area (Å²) in [5.74, 6) is -1.04. The summed E-state index contributed by atoms with van der Waals surface area (Å²) in [5, 5.41) is 9.88. The Morgan fingerprint density at radius 2 is 1.83 bits per heavy atom. The average molecular weight is 421 g/mol. The number of nitrogens with zero attached hydrogens (tertiary/aromatic N) is 5. The molecule has 3 aromatic rings. The van der Waals surface area contributed by atoms with Gasteiger partial charge in [0.05, 0.1) is 0 Å². The monoisotopic (exact) mass is 421 g/mol. The zero-order valence-electron chi connectivity index (χ0n) is 16.4. The summed E-state index contributed by atoms with van der Waals surface area (Å²) in [4.78, 5) is 22.7. The molecule has 0 amide bonds. The number of benzene rings is 1. The van der Waals surface area contributed by atoms with E-state index in [2.05, 4.69) is 9.97 Å². The predicted molar refractivity (Wildman–Crippen MR) is 105 cm³/mol. The SMILES string of the molecule is Cn1c(N(CO)C2CCCC2)nc2nc(C(F)(F)F)n(Cc3ccccc3)c2c1=O. The van der Waals surface area contributed by atoms with Crippen molar-refractivity contribution in [3.8, 4) is 0 Å². The largest absolute Gasteiger partial charge is 0.449 e. The molecule has 10 heteroatoms. The van der Waals surface area contributed by atoms with E-state index in [1.165, 1.54) is 11.6 Å². The molecule has 0 atom stereocenters. The lowest BCUT2D eigenvalue weighted by Crippen LogP contribution is -2.39. The van der Waals surface area contributed by atoms with Gasteiger partial charge in [0, 0.05) is 19.6 Å². The first-order valence-corrected chi connectivity index (χ1v) is 9.77. The van der Waals surface area contributed by atoms with Crippen LogP contribution < -0.4 is 10.5 Å². The Labute approximate surface area is 170 Å². The van der Waals surface area contributed by atoms with Crippen molar-refractivity contribution in [2.75, 3.05) is 11.6 Å². The minimum absolute atomic E-state index is 0.0148. The van der Waals surface area contributed by atoms with Gasteiger partial charge in [-0.1, -0.05) is 43.2 Å². The fourth-order valence-corrected chi connectivity index (χ4v) is 4.10. The van der Waals surface area contributed by atoms with Crippen LogP contribution in [0.5, 0.6) is 0 Å². The van der Waals surface area contributed by atoms with Crippen LogP contribution in [0, 0.1) is 0 Å². The Hall–Kier alpha value is -2.88. The van der Waals surface area contributed by atoms with Crippen molar-refractivity contribution in [3.63, 3.8) is 0 Å². The molecule has 7 nitrogen and oxygen atoms in total. The molecule has 0 radical (unpaired) electrons. The number of fused-ring (bicyclic) bond motifs is 1. The molecule has 1 N–H and O–H groups in total. The summed E-state index contributed by atoms with van der Waals surface area (Å²) in [7, 11) is 1.45. The Balaban J connectivity index is 1.91. The number of hydrogen-bond donors (Lipinski definition) is 1. The van der Waals surface area contributed by atoms with Crippen LogP contribution in [-0.2, 0) is 19.8 Å². The lowest BCUT2D eigenvalue weighted by atomic mass is 10.2. The van der Waals surface area contributed by atoms with E-state index in [0.29, 0.717) is 5.56 Å². The summed E-state index contributed by atoms with van der Waals surface area (Å²) >= 11 is 0. The van der Waals surface area contributed by atoms with Gasteiger partial charge in [0.15, 0.2) is 11.2 Å². The van der Waals surface area contributed by atoms with Crippen LogP contribution in [0.3, 0.4) is 0 Å². The van der Waals surface area contributed by atoms with Gasteiger partial charge in [0.2, 0.25) is 11.8 Å². The molecular formula is C20H22F3N5O2. The molecule has 160 valence electrons. The van der Waals surface area contributed by atoms with Crippen molar-refractivity contribution in [2.24, 2.45) is 7.05 Å². The molecule has 1 aromatic carbocycles. The third kappa shape index (κ3) is 3.55. The molecule has 0 aliphatic heterocycles. The maximum atomic E-state index is 13.7. The summed E-state index contributed by atoms with van der Waals surface area (Å²) in [6, 6.07) is 8.56. The van der Waals surface area contributed by atoms with Crippen LogP contribution in [-0.4, -0.2) is 37.0 Å². The molecule has 1 fully saturated rings. The third-order valence-electron chi connectivity index (χ3n) is 5.57. The normalized spacial score (nSPS) is 15.2. The molecule has 2 heterocycles. The molecule has 0 bridgehead atoms. The molecule has 30 heavy (non-hydrogen) atoms. The number of anilines is 1. The van der Waals surface area contributed by atoms with Crippen molar-refractivity contribution in [1.29, 1.82) is 0 Å². The fraction of sp³-hybridized carbons (Fsp3) is 0.450. The first-order valence-electron chi connectivity index (χ1n) is 9.77. The van der Waals surface area contributed by atoms with E-state index in [4.69, 9.17) is 0 Å². The molecule has 4 rings (SSSR count). The maximum Gasteiger partial charge on any atom is 0.449 e. The van der Waals surface area contributed by atoms with Crippen molar-refractivity contribution in [3.05, 3.63) is 52.1 Å². The second kappa shape index (κ2) is 7.75. The van der Waals surface area contributed by atoms with Crippen LogP contribution in [0.1, 0.15) is 37.1 Å². The lowest BCUT2D eigenvalue weighted by Gasteiger charge is -2.28.